The lowest BCUT2D eigenvalue weighted by molar-refractivity contribution is -0.118. The summed E-state index contributed by atoms with van der Waals surface area (Å²) in [5.74, 6) is -0.293. The number of ether oxygens (including phenoxy) is 1. The summed E-state index contributed by atoms with van der Waals surface area (Å²) in [6, 6.07) is 4.45. The van der Waals surface area contributed by atoms with Crippen LogP contribution in [0.25, 0.3) is 0 Å². The maximum absolute atomic E-state index is 11.9. The molecule has 1 rings (SSSR count). The Hall–Kier alpha value is -2.24. The van der Waals surface area contributed by atoms with Crippen molar-refractivity contribution in [2.75, 3.05) is 12.8 Å². The van der Waals surface area contributed by atoms with E-state index in [2.05, 4.69) is 5.32 Å². The van der Waals surface area contributed by atoms with Crippen molar-refractivity contribution in [1.29, 1.82) is 0 Å². The van der Waals surface area contributed by atoms with Gasteiger partial charge < -0.3 is 21.5 Å². The summed E-state index contributed by atoms with van der Waals surface area (Å²) in [5.41, 5.74) is 11.4. The lowest BCUT2D eigenvalue weighted by Crippen LogP contribution is -2.36. The van der Waals surface area contributed by atoms with Gasteiger partial charge in [0.1, 0.15) is 5.75 Å². The van der Waals surface area contributed by atoms with Crippen LogP contribution in [0.15, 0.2) is 18.2 Å². The first-order chi connectivity index (χ1) is 8.43. The highest BCUT2D eigenvalue weighted by Crippen LogP contribution is 2.19. The predicted molar refractivity (Wildman–Crippen MR) is 68.1 cm³/mol. The van der Waals surface area contributed by atoms with Crippen molar-refractivity contribution < 1.29 is 14.3 Å². The highest BCUT2D eigenvalue weighted by atomic mass is 16.5. The van der Waals surface area contributed by atoms with Crippen LogP contribution >= 0.6 is 0 Å². The van der Waals surface area contributed by atoms with Gasteiger partial charge in [0.2, 0.25) is 5.91 Å². The minimum Gasteiger partial charge on any atom is -0.497 e. The van der Waals surface area contributed by atoms with Crippen LogP contribution in [0.4, 0.5) is 5.69 Å². The lowest BCUT2D eigenvalue weighted by Gasteiger charge is -2.13. The number of nitrogen functional groups attached to an aromatic ring is 1. The third-order valence-electron chi connectivity index (χ3n) is 2.39. The van der Waals surface area contributed by atoms with Crippen molar-refractivity contribution in [3.05, 3.63) is 23.8 Å². The van der Waals surface area contributed by atoms with E-state index in [1.807, 2.05) is 0 Å². The summed E-state index contributed by atoms with van der Waals surface area (Å²) in [6.07, 6.45) is 0.0790. The fourth-order valence-corrected chi connectivity index (χ4v) is 1.51. The van der Waals surface area contributed by atoms with E-state index in [4.69, 9.17) is 16.2 Å². The Morgan fingerprint density at radius 2 is 2.11 bits per heavy atom. The zero-order chi connectivity index (χ0) is 13.7. The molecule has 2 amide bonds. The van der Waals surface area contributed by atoms with Crippen molar-refractivity contribution in [3.8, 4) is 5.75 Å². The van der Waals surface area contributed by atoms with Gasteiger partial charge in [-0.2, -0.15) is 0 Å². The zero-order valence-electron chi connectivity index (χ0n) is 10.4. The molecule has 18 heavy (non-hydrogen) atoms. The maximum atomic E-state index is 11.9. The first-order valence-electron chi connectivity index (χ1n) is 5.46. The van der Waals surface area contributed by atoms with Gasteiger partial charge in [0.15, 0.2) is 0 Å². The van der Waals surface area contributed by atoms with Gasteiger partial charge in [0.25, 0.3) is 5.91 Å². The van der Waals surface area contributed by atoms with Gasteiger partial charge in [-0.1, -0.05) is 0 Å². The largest absolute Gasteiger partial charge is 0.497 e. The van der Waals surface area contributed by atoms with E-state index in [9.17, 15) is 9.59 Å². The predicted octanol–water partition coefficient (Wildman–Crippen LogP) is 0.271. The molecule has 0 spiro atoms. The van der Waals surface area contributed by atoms with Gasteiger partial charge in [-0.3, -0.25) is 9.59 Å². The third-order valence-corrected chi connectivity index (χ3v) is 2.39. The normalized spacial score (nSPS) is 11.7. The summed E-state index contributed by atoms with van der Waals surface area (Å²) in [6.45, 7) is 1.69. The molecule has 0 aromatic heterocycles. The van der Waals surface area contributed by atoms with Crippen LogP contribution in [-0.4, -0.2) is 25.0 Å². The molecular formula is C12H17N3O3. The van der Waals surface area contributed by atoms with Crippen LogP contribution in [0.3, 0.4) is 0 Å². The minimum atomic E-state index is -0.471. The van der Waals surface area contributed by atoms with Crippen LogP contribution in [0.1, 0.15) is 23.7 Å². The van der Waals surface area contributed by atoms with Crippen molar-refractivity contribution in [3.63, 3.8) is 0 Å². The molecule has 6 nitrogen and oxygen atoms in total. The molecule has 5 N–H and O–H groups in total. The first-order valence-corrected chi connectivity index (χ1v) is 5.46. The number of hydrogen-bond donors (Lipinski definition) is 3. The second kappa shape index (κ2) is 5.90. The van der Waals surface area contributed by atoms with Gasteiger partial charge in [0, 0.05) is 18.2 Å². The highest BCUT2D eigenvalue weighted by molar-refractivity contribution is 5.99. The van der Waals surface area contributed by atoms with Crippen LogP contribution in [-0.2, 0) is 4.79 Å². The number of methoxy groups -OCH3 is 1. The molecule has 98 valence electrons. The molecular weight excluding hydrogens is 234 g/mol. The molecule has 0 aliphatic heterocycles. The first kappa shape index (κ1) is 13.8. The summed E-state index contributed by atoms with van der Waals surface area (Å²) >= 11 is 0. The van der Waals surface area contributed by atoms with Gasteiger partial charge in [-0.05, 0) is 25.1 Å². The van der Waals surface area contributed by atoms with Crippen LogP contribution in [0.2, 0.25) is 0 Å². The van der Waals surface area contributed by atoms with Crippen molar-refractivity contribution in [1.82, 2.24) is 5.32 Å². The Morgan fingerprint density at radius 1 is 1.44 bits per heavy atom. The molecule has 0 bridgehead atoms. The zero-order valence-corrected chi connectivity index (χ0v) is 10.4. The summed E-state index contributed by atoms with van der Waals surface area (Å²) < 4.78 is 5.02. The van der Waals surface area contributed by atoms with E-state index in [-0.39, 0.29) is 18.4 Å². The number of anilines is 1. The highest BCUT2D eigenvalue weighted by Gasteiger charge is 2.14. The minimum absolute atomic E-state index is 0.0790. The Labute approximate surface area is 105 Å². The van der Waals surface area contributed by atoms with Crippen molar-refractivity contribution in [2.24, 2.45) is 5.73 Å². The van der Waals surface area contributed by atoms with E-state index < -0.39 is 5.91 Å². The number of carbonyl (C=O) groups excluding carboxylic acids is 2. The van der Waals surface area contributed by atoms with Gasteiger partial charge in [-0.15, -0.1) is 0 Å². The van der Waals surface area contributed by atoms with E-state index in [0.717, 1.165) is 0 Å². The number of primary amides is 1. The monoisotopic (exact) mass is 251 g/mol. The van der Waals surface area contributed by atoms with E-state index in [1.165, 1.54) is 7.11 Å². The fourth-order valence-electron chi connectivity index (χ4n) is 1.51. The number of nitrogens with two attached hydrogens (primary N) is 2. The maximum Gasteiger partial charge on any atom is 0.253 e. The molecule has 1 aromatic carbocycles. The average Bonchev–Trinajstić information content (AvgIpc) is 2.28. The third kappa shape index (κ3) is 3.65. The number of hydrogen-bond acceptors (Lipinski definition) is 4. The molecule has 6 heteroatoms. The molecule has 1 unspecified atom stereocenters. The molecule has 0 radical (unpaired) electrons. The number of amides is 2. The Bertz CT molecular complexity index is 460. The molecule has 0 aliphatic rings. The van der Waals surface area contributed by atoms with Gasteiger partial charge in [-0.25, -0.2) is 0 Å². The number of rotatable bonds is 5. The second-order valence-corrected chi connectivity index (χ2v) is 4.00. The lowest BCUT2D eigenvalue weighted by atomic mass is 10.1. The van der Waals surface area contributed by atoms with E-state index >= 15 is 0 Å². The Balaban J connectivity index is 2.80. The van der Waals surface area contributed by atoms with Crippen molar-refractivity contribution >= 4 is 17.5 Å². The van der Waals surface area contributed by atoms with Crippen LogP contribution < -0.4 is 21.5 Å². The van der Waals surface area contributed by atoms with Crippen LogP contribution in [0, 0.1) is 0 Å². The fraction of sp³-hybridized carbons (Fsp3) is 0.333. The number of benzene rings is 1. The number of carbonyl (C=O) groups is 2. The standard InChI is InChI=1S/C12H17N3O3/c1-7(5-11(14)16)15-12(17)9-6-8(18-2)3-4-10(9)13/h3-4,6-7H,5,13H2,1-2H3,(H2,14,16)(H,15,17). The molecule has 0 fully saturated rings. The summed E-state index contributed by atoms with van der Waals surface area (Å²) in [5, 5.41) is 2.64. The SMILES string of the molecule is COc1ccc(N)c(C(=O)NC(C)CC(N)=O)c1. The summed E-state index contributed by atoms with van der Waals surface area (Å²) in [7, 11) is 1.50. The molecule has 0 saturated carbocycles. The topological polar surface area (TPSA) is 107 Å². The molecule has 0 saturated heterocycles. The van der Waals surface area contributed by atoms with Crippen LogP contribution in [0.5, 0.6) is 5.75 Å². The molecule has 1 atom stereocenters. The smallest absolute Gasteiger partial charge is 0.253 e. The summed E-state index contributed by atoms with van der Waals surface area (Å²) in [4.78, 5) is 22.6. The Kier molecular flexibility index (Phi) is 4.53. The van der Waals surface area contributed by atoms with Crippen molar-refractivity contribution in [2.45, 2.75) is 19.4 Å². The number of nitrogens with one attached hydrogen (secondary N) is 1. The van der Waals surface area contributed by atoms with E-state index in [0.29, 0.717) is 17.0 Å². The molecule has 0 aliphatic carbocycles. The molecule has 1 aromatic rings. The van der Waals surface area contributed by atoms with Gasteiger partial charge >= 0.3 is 0 Å². The Morgan fingerprint density at radius 3 is 2.67 bits per heavy atom. The molecule has 0 heterocycles. The quantitative estimate of drug-likeness (QED) is 0.653. The second-order valence-electron chi connectivity index (χ2n) is 4.00. The average molecular weight is 251 g/mol. The van der Waals surface area contributed by atoms with Gasteiger partial charge in [0.05, 0.1) is 12.7 Å². The van der Waals surface area contributed by atoms with E-state index in [1.54, 1.807) is 25.1 Å².